The highest BCUT2D eigenvalue weighted by Crippen LogP contribution is 2.25. The van der Waals surface area contributed by atoms with Crippen molar-refractivity contribution in [1.82, 2.24) is 4.90 Å². The first-order chi connectivity index (χ1) is 11.4. The number of amides is 3. The summed E-state index contributed by atoms with van der Waals surface area (Å²) in [6.07, 6.45) is 0. The number of rotatable bonds is 3. The lowest BCUT2D eigenvalue weighted by molar-refractivity contribution is -0.119. The fraction of sp³-hybridized carbons (Fsp3) is 0.167. The van der Waals surface area contributed by atoms with Crippen LogP contribution < -0.4 is 5.32 Å². The van der Waals surface area contributed by atoms with E-state index in [-0.39, 0.29) is 16.8 Å². The van der Waals surface area contributed by atoms with Gasteiger partial charge in [-0.25, -0.2) is 4.39 Å². The summed E-state index contributed by atoms with van der Waals surface area (Å²) in [4.78, 5) is 38.0. The number of carbonyl (C=O) groups is 3. The third-order valence-electron chi connectivity index (χ3n) is 3.97. The average Bonchev–Trinajstić information content (AvgIpc) is 2.82. The number of hydrogen-bond donors (Lipinski definition) is 1. The van der Waals surface area contributed by atoms with Crippen molar-refractivity contribution in [3.05, 3.63) is 65.0 Å². The Labute approximate surface area is 138 Å². The summed E-state index contributed by atoms with van der Waals surface area (Å²) in [5.41, 5.74) is 1.33. The number of aryl methyl sites for hydroxylation is 1. The quantitative estimate of drug-likeness (QED) is 0.882. The van der Waals surface area contributed by atoms with Gasteiger partial charge in [0.1, 0.15) is 11.9 Å². The van der Waals surface area contributed by atoms with Crippen molar-refractivity contribution >= 4 is 23.4 Å². The van der Waals surface area contributed by atoms with Gasteiger partial charge in [-0.15, -0.1) is 0 Å². The molecule has 24 heavy (non-hydrogen) atoms. The first-order valence-corrected chi connectivity index (χ1v) is 7.44. The molecule has 1 atom stereocenters. The van der Waals surface area contributed by atoms with Crippen LogP contribution in [0.1, 0.15) is 33.2 Å². The third-order valence-corrected chi connectivity index (χ3v) is 3.97. The van der Waals surface area contributed by atoms with Gasteiger partial charge in [0.15, 0.2) is 0 Å². The van der Waals surface area contributed by atoms with Crippen LogP contribution in [-0.4, -0.2) is 28.7 Å². The Bertz CT molecular complexity index is 828. The van der Waals surface area contributed by atoms with E-state index in [1.807, 2.05) is 0 Å². The SMILES string of the molecule is Cc1ccc(F)c(NC(=O)C(C)N2C(=O)c3ccccc3C2=O)c1. The van der Waals surface area contributed by atoms with Crippen LogP contribution in [0.5, 0.6) is 0 Å². The molecule has 0 saturated carbocycles. The molecule has 0 aliphatic carbocycles. The van der Waals surface area contributed by atoms with E-state index in [1.54, 1.807) is 37.3 Å². The van der Waals surface area contributed by atoms with Crippen LogP contribution in [-0.2, 0) is 4.79 Å². The highest BCUT2D eigenvalue weighted by molar-refractivity contribution is 6.23. The minimum absolute atomic E-state index is 0.0171. The number of anilines is 1. The van der Waals surface area contributed by atoms with Gasteiger partial charge in [-0.3, -0.25) is 19.3 Å². The van der Waals surface area contributed by atoms with Crippen molar-refractivity contribution in [2.45, 2.75) is 19.9 Å². The van der Waals surface area contributed by atoms with Crippen molar-refractivity contribution in [3.63, 3.8) is 0 Å². The minimum atomic E-state index is -1.06. The molecule has 3 amide bonds. The number of benzene rings is 2. The van der Waals surface area contributed by atoms with E-state index in [9.17, 15) is 18.8 Å². The molecule has 0 bridgehead atoms. The Morgan fingerprint density at radius 3 is 2.25 bits per heavy atom. The molecule has 6 heteroatoms. The van der Waals surface area contributed by atoms with Crippen LogP contribution in [0.2, 0.25) is 0 Å². The van der Waals surface area contributed by atoms with Gasteiger partial charge in [-0.05, 0) is 43.7 Å². The monoisotopic (exact) mass is 326 g/mol. The molecule has 1 aliphatic heterocycles. The van der Waals surface area contributed by atoms with Crippen LogP contribution >= 0.6 is 0 Å². The molecule has 0 radical (unpaired) electrons. The molecule has 122 valence electrons. The molecule has 1 heterocycles. The Kier molecular flexibility index (Phi) is 3.89. The average molecular weight is 326 g/mol. The molecule has 0 aromatic heterocycles. The van der Waals surface area contributed by atoms with Gasteiger partial charge in [0.25, 0.3) is 11.8 Å². The maximum atomic E-state index is 13.8. The van der Waals surface area contributed by atoms with Gasteiger partial charge in [-0.2, -0.15) is 0 Å². The van der Waals surface area contributed by atoms with Crippen molar-refractivity contribution < 1.29 is 18.8 Å². The number of halogens is 1. The van der Waals surface area contributed by atoms with E-state index >= 15 is 0 Å². The smallest absolute Gasteiger partial charge is 0.262 e. The van der Waals surface area contributed by atoms with Crippen LogP contribution in [0, 0.1) is 12.7 Å². The zero-order chi connectivity index (χ0) is 17.4. The number of nitrogens with zero attached hydrogens (tertiary/aromatic N) is 1. The molecule has 3 rings (SSSR count). The number of nitrogens with one attached hydrogen (secondary N) is 1. The fourth-order valence-electron chi connectivity index (χ4n) is 2.65. The number of hydrogen-bond acceptors (Lipinski definition) is 3. The van der Waals surface area contributed by atoms with E-state index in [0.29, 0.717) is 0 Å². The van der Waals surface area contributed by atoms with Gasteiger partial charge in [-0.1, -0.05) is 18.2 Å². The highest BCUT2D eigenvalue weighted by Gasteiger charge is 2.40. The predicted octanol–water partition coefficient (Wildman–Crippen LogP) is 2.76. The van der Waals surface area contributed by atoms with Crippen molar-refractivity contribution in [3.8, 4) is 0 Å². The van der Waals surface area contributed by atoms with Gasteiger partial charge in [0.05, 0.1) is 16.8 Å². The molecule has 1 aliphatic rings. The van der Waals surface area contributed by atoms with Crippen LogP contribution in [0.15, 0.2) is 42.5 Å². The van der Waals surface area contributed by atoms with Crippen molar-refractivity contribution in [1.29, 1.82) is 0 Å². The third kappa shape index (κ3) is 2.56. The molecule has 2 aromatic rings. The predicted molar refractivity (Wildman–Crippen MR) is 86.2 cm³/mol. The molecule has 0 saturated heterocycles. The van der Waals surface area contributed by atoms with Crippen LogP contribution in [0.4, 0.5) is 10.1 Å². The number of carbonyl (C=O) groups excluding carboxylic acids is 3. The Morgan fingerprint density at radius 1 is 1.08 bits per heavy atom. The summed E-state index contributed by atoms with van der Waals surface area (Å²) in [7, 11) is 0. The van der Waals surface area contributed by atoms with E-state index < -0.39 is 29.6 Å². The second-order valence-corrected chi connectivity index (χ2v) is 5.67. The summed E-state index contributed by atoms with van der Waals surface area (Å²) < 4.78 is 13.8. The van der Waals surface area contributed by atoms with Gasteiger partial charge in [0, 0.05) is 0 Å². The topological polar surface area (TPSA) is 66.5 Å². The highest BCUT2D eigenvalue weighted by atomic mass is 19.1. The van der Waals surface area contributed by atoms with E-state index in [0.717, 1.165) is 10.5 Å². The fourth-order valence-corrected chi connectivity index (χ4v) is 2.65. The lowest BCUT2D eigenvalue weighted by Crippen LogP contribution is -2.45. The second kappa shape index (κ2) is 5.88. The first-order valence-electron chi connectivity index (χ1n) is 7.44. The zero-order valence-electron chi connectivity index (χ0n) is 13.2. The molecule has 1 N–H and O–H groups in total. The number of fused-ring (bicyclic) bond motifs is 1. The van der Waals surface area contributed by atoms with E-state index in [1.165, 1.54) is 19.1 Å². The van der Waals surface area contributed by atoms with Crippen molar-refractivity contribution in [2.24, 2.45) is 0 Å². The standard InChI is InChI=1S/C18H15FN2O3/c1-10-7-8-14(19)15(9-10)20-16(22)11(2)21-17(23)12-5-3-4-6-13(12)18(21)24/h3-9,11H,1-2H3,(H,20,22). The largest absolute Gasteiger partial charge is 0.322 e. The normalized spacial score (nSPS) is 14.5. The summed E-state index contributed by atoms with van der Waals surface area (Å²) in [5.74, 6) is -2.26. The lowest BCUT2D eigenvalue weighted by atomic mass is 10.1. The Balaban J connectivity index is 1.83. The first kappa shape index (κ1) is 15.9. The Morgan fingerprint density at radius 2 is 1.67 bits per heavy atom. The molecule has 2 aromatic carbocycles. The summed E-state index contributed by atoms with van der Waals surface area (Å²) in [5, 5.41) is 2.44. The van der Waals surface area contributed by atoms with E-state index in [4.69, 9.17) is 0 Å². The molecule has 1 unspecified atom stereocenters. The zero-order valence-corrected chi connectivity index (χ0v) is 13.2. The number of imide groups is 1. The summed E-state index contributed by atoms with van der Waals surface area (Å²) in [6.45, 7) is 3.20. The van der Waals surface area contributed by atoms with Crippen molar-refractivity contribution in [2.75, 3.05) is 5.32 Å². The summed E-state index contributed by atoms with van der Waals surface area (Å²) in [6, 6.07) is 9.65. The summed E-state index contributed by atoms with van der Waals surface area (Å²) >= 11 is 0. The molecular weight excluding hydrogens is 311 g/mol. The molecular formula is C18H15FN2O3. The molecule has 5 nitrogen and oxygen atoms in total. The lowest BCUT2D eigenvalue weighted by Gasteiger charge is -2.21. The van der Waals surface area contributed by atoms with Gasteiger partial charge < -0.3 is 5.32 Å². The van der Waals surface area contributed by atoms with Crippen LogP contribution in [0.3, 0.4) is 0 Å². The van der Waals surface area contributed by atoms with Crippen LogP contribution in [0.25, 0.3) is 0 Å². The minimum Gasteiger partial charge on any atom is -0.322 e. The Hall–Kier alpha value is -3.02. The molecule has 0 spiro atoms. The second-order valence-electron chi connectivity index (χ2n) is 5.67. The van der Waals surface area contributed by atoms with Gasteiger partial charge >= 0.3 is 0 Å². The van der Waals surface area contributed by atoms with E-state index in [2.05, 4.69) is 5.32 Å². The van der Waals surface area contributed by atoms with Gasteiger partial charge in [0.2, 0.25) is 5.91 Å². The maximum Gasteiger partial charge on any atom is 0.262 e. The maximum absolute atomic E-state index is 13.8. The molecule has 0 fully saturated rings.